The predicted octanol–water partition coefficient (Wildman–Crippen LogP) is 1.12. The van der Waals surface area contributed by atoms with Crippen molar-refractivity contribution in [3.8, 4) is 0 Å². The molecule has 0 unspecified atom stereocenters. The van der Waals surface area contributed by atoms with E-state index >= 15 is 0 Å². The molecule has 0 N–H and O–H groups in total. The Balaban J connectivity index is 2.34. The fourth-order valence-electron chi connectivity index (χ4n) is 1.46. The van der Waals surface area contributed by atoms with Crippen LogP contribution in [0.15, 0.2) is 12.2 Å². The van der Waals surface area contributed by atoms with Crippen molar-refractivity contribution >= 4 is 5.97 Å². The van der Waals surface area contributed by atoms with Gasteiger partial charge in [-0.1, -0.05) is 12.2 Å². The fraction of sp³-hybridized carbons (Fsp3) is 0.571. The predicted molar refractivity (Wildman–Crippen MR) is 32.1 cm³/mol. The molecule has 0 spiro atoms. The lowest BCUT2D eigenvalue weighted by Crippen LogP contribution is -2.29. The van der Waals surface area contributed by atoms with Crippen molar-refractivity contribution in [3.63, 3.8) is 0 Å². The first kappa shape index (κ1) is 6.76. The van der Waals surface area contributed by atoms with Crippen LogP contribution in [0, 0.1) is 5.92 Å². The molecule has 11 heavy (non-hydrogen) atoms. The number of ether oxygens (including phenoxy) is 1. The molecule has 2 rings (SSSR count). The molecule has 0 aromatic carbocycles. The molecule has 60 valence electrons. The van der Waals surface area contributed by atoms with Crippen molar-refractivity contribution in [2.45, 2.75) is 18.4 Å². The lowest BCUT2D eigenvalue weighted by atomic mass is 10.0. The maximum Gasteiger partial charge on any atom is 0.378 e. The van der Waals surface area contributed by atoms with Crippen LogP contribution in [0.4, 0.5) is 8.78 Å². The summed E-state index contributed by atoms with van der Waals surface area (Å²) in [6.07, 6.45) is 2.79. The lowest BCUT2D eigenvalue weighted by molar-refractivity contribution is -0.160. The molecule has 0 aromatic heterocycles. The van der Waals surface area contributed by atoms with Crippen molar-refractivity contribution < 1.29 is 18.3 Å². The molecule has 1 fully saturated rings. The minimum atomic E-state index is -3.29. The molecule has 0 amide bonds. The van der Waals surface area contributed by atoms with Crippen LogP contribution < -0.4 is 0 Å². The summed E-state index contributed by atoms with van der Waals surface area (Å²) in [4.78, 5) is 10.5. The van der Waals surface area contributed by atoms with Gasteiger partial charge in [-0.15, -0.1) is 0 Å². The number of hydrogen-bond acceptors (Lipinski definition) is 2. The first-order chi connectivity index (χ1) is 5.12. The molecule has 4 heteroatoms. The third kappa shape index (κ3) is 0.721. The number of hydrogen-bond donors (Lipinski definition) is 0. The molecule has 0 radical (unpaired) electrons. The van der Waals surface area contributed by atoms with Gasteiger partial charge in [0, 0.05) is 6.42 Å². The highest BCUT2D eigenvalue weighted by molar-refractivity contribution is 5.81. The zero-order valence-corrected chi connectivity index (χ0v) is 5.59. The summed E-state index contributed by atoms with van der Waals surface area (Å²) >= 11 is 0. The molecule has 1 heterocycles. The highest BCUT2D eigenvalue weighted by Crippen LogP contribution is 2.42. The van der Waals surface area contributed by atoms with Crippen molar-refractivity contribution in [2.75, 3.05) is 0 Å². The van der Waals surface area contributed by atoms with E-state index in [1.54, 1.807) is 6.08 Å². The number of rotatable bonds is 0. The largest absolute Gasteiger partial charge is 0.457 e. The van der Waals surface area contributed by atoms with Crippen molar-refractivity contribution in [1.29, 1.82) is 0 Å². The van der Waals surface area contributed by atoms with E-state index in [0.29, 0.717) is 6.42 Å². The molecular formula is C7H6F2O2. The van der Waals surface area contributed by atoms with Crippen LogP contribution in [-0.2, 0) is 9.53 Å². The van der Waals surface area contributed by atoms with E-state index in [2.05, 4.69) is 4.74 Å². The second-order valence-corrected chi connectivity index (χ2v) is 2.76. The number of halogens is 2. The van der Waals surface area contributed by atoms with E-state index in [1.165, 1.54) is 6.08 Å². The number of carbonyl (C=O) groups is 1. The number of alkyl halides is 2. The van der Waals surface area contributed by atoms with Gasteiger partial charge in [0.15, 0.2) is 0 Å². The Hall–Kier alpha value is -0.930. The maximum atomic E-state index is 12.8. The standard InChI is InChI=1S/C7H6F2O2/c8-7(9)4-2-1-3-5(4)11-6(7)10/h1-2,4-5H,3H2/t4-,5+/m1/s1. The first-order valence-corrected chi connectivity index (χ1v) is 3.38. The van der Waals surface area contributed by atoms with E-state index in [-0.39, 0.29) is 0 Å². The van der Waals surface area contributed by atoms with Gasteiger partial charge in [0.2, 0.25) is 0 Å². The summed E-state index contributed by atoms with van der Waals surface area (Å²) in [5.41, 5.74) is 0. The van der Waals surface area contributed by atoms with Gasteiger partial charge >= 0.3 is 11.9 Å². The fourth-order valence-corrected chi connectivity index (χ4v) is 1.46. The Bertz CT molecular complexity index is 235. The molecule has 2 nitrogen and oxygen atoms in total. The Morgan fingerprint density at radius 2 is 2.36 bits per heavy atom. The van der Waals surface area contributed by atoms with Crippen LogP contribution >= 0.6 is 0 Å². The highest BCUT2D eigenvalue weighted by atomic mass is 19.3. The minimum Gasteiger partial charge on any atom is -0.457 e. The third-order valence-corrected chi connectivity index (χ3v) is 2.06. The van der Waals surface area contributed by atoms with Gasteiger partial charge < -0.3 is 4.74 Å². The summed E-state index contributed by atoms with van der Waals surface area (Å²) in [5, 5.41) is 0. The number of esters is 1. The van der Waals surface area contributed by atoms with Gasteiger partial charge in [-0.2, -0.15) is 8.78 Å². The van der Waals surface area contributed by atoms with Crippen molar-refractivity contribution in [2.24, 2.45) is 5.92 Å². The molecule has 1 saturated heterocycles. The summed E-state index contributed by atoms with van der Waals surface area (Å²) in [5.74, 6) is -5.69. The molecule has 2 atom stereocenters. The molecule has 1 aliphatic carbocycles. The van der Waals surface area contributed by atoms with Crippen molar-refractivity contribution in [1.82, 2.24) is 0 Å². The van der Waals surface area contributed by atoms with E-state index in [1.807, 2.05) is 0 Å². The molecular weight excluding hydrogens is 154 g/mol. The number of fused-ring (bicyclic) bond motifs is 1. The Kier molecular flexibility index (Phi) is 1.11. The minimum absolute atomic E-state index is 0.423. The van der Waals surface area contributed by atoms with E-state index in [4.69, 9.17) is 0 Å². The highest BCUT2D eigenvalue weighted by Gasteiger charge is 2.59. The SMILES string of the molecule is O=C1O[C@H]2CC=C[C@H]2C1(F)F. The zero-order valence-electron chi connectivity index (χ0n) is 5.59. The molecule has 0 saturated carbocycles. The van der Waals surface area contributed by atoms with Crippen LogP contribution in [0.2, 0.25) is 0 Å². The van der Waals surface area contributed by atoms with Gasteiger partial charge in [0.1, 0.15) is 6.10 Å². The first-order valence-electron chi connectivity index (χ1n) is 3.38. The smallest absolute Gasteiger partial charge is 0.378 e. The normalized spacial score (nSPS) is 38.9. The monoisotopic (exact) mass is 160 g/mol. The van der Waals surface area contributed by atoms with Gasteiger partial charge in [-0.25, -0.2) is 4.79 Å². The summed E-state index contributed by atoms with van der Waals surface area (Å²) in [7, 11) is 0. The van der Waals surface area contributed by atoms with Crippen molar-refractivity contribution in [3.05, 3.63) is 12.2 Å². The van der Waals surface area contributed by atoms with Crippen LogP contribution in [0.1, 0.15) is 6.42 Å². The Morgan fingerprint density at radius 1 is 1.64 bits per heavy atom. The summed E-state index contributed by atoms with van der Waals surface area (Å²) in [6, 6.07) is 0. The maximum absolute atomic E-state index is 12.8. The van der Waals surface area contributed by atoms with E-state index in [9.17, 15) is 13.6 Å². The second kappa shape index (κ2) is 1.81. The molecule has 1 aliphatic heterocycles. The lowest BCUT2D eigenvalue weighted by Gasteiger charge is -2.09. The molecule has 0 bridgehead atoms. The van der Waals surface area contributed by atoms with Gasteiger partial charge in [0.05, 0.1) is 5.92 Å². The topological polar surface area (TPSA) is 26.3 Å². The molecule has 2 aliphatic rings. The van der Waals surface area contributed by atoms with Gasteiger partial charge in [-0.05, 0) is 0 Å². The zero-order chi connectivity index (χ0) is 8.06. The summed E-state index contributed by atoms with van der Waals surface area (Å²) in [6.45, 7) is 0. The van der Waals surface area contributed by atoms with E-state index in [0.717, 1.165) is 0 Å². The Labute approximate surface area is 61.8 Å². The quantitative estimate of drug-likeness (QED) is 0.392. The average Bonchev–Trinajstić information content (AvgIpc) is 2.41. The Morgan fingerprint density at radius 3 is 3.00 bits per heavy atom. The second-order valence-electron chi connectivity index (χ2n) is 2.76. The van der Waals surface area contributed by atoms with Crippen LogP contribution in [0.25, 0.3) is 0 Å². The third-order valence-electron chi connectivity index (χ3n) is 2.06. The van der Waals surface area contributed by atoms with Gasteiger partial charge in [0.25, 0.3) is 0 Å². The van der Waals surface area contributed by atoms with Gasteiger partial charge in [-0.3, -0.25) is 0 Å². The average molecular weight is 160 g/mol. The van der Waals surface area contributed by atoms with E-state index < -0.39 is 23.9 Å². The number of carbonyl (C=O) groups excluding carboxylic acids is 1. The van der Waals surface area contributed by atoms with Crippen LogP contribution in [0.5, 0.6) is 0 Å². The van der Waals surface area contributed by atoms with Crippen LogP contribution in [-0.4, -0.2) is 18.0 Å². The summed E-state index contributed by atoms with van der Waals surface area (Å²) < 4.78 is 30.0. The van der Waals surface area contributed by atoms with Crippen LogP contribution in [0.3, 0.4) is 0 Å². The molecule has 0 aromatic rings.